The molecule has 0 fully saturated rings. The minimum Gasteiger partial charge on any atom is -0.349 e. The Kier molecular flexibility index (Phi) is 8.24. The fraction of sp³-hybridized carbons (Fsp3) is 0.900. The zero-order chi connectivity index (χ0) is 11.6. The van der Waals surface area contributed by atoms with Crippen molar-refractivity contribution < 1.29 is 9.47 Å². The molecule has 0 spiro atoms. The van der Waals surface area contributed by atoms with Crippen LogP contribution in [0.15, 0.2) is 0 Å². The van der Waals surface area contributed by atoms with E-state index in [1.807, 2.05) is 13.8 Å². The second-order valence-electron chi connectivity index (χ2n) is 3.54. The molecular formula is C10H21N3O2. The number of nitriles is 1. The van der Waals surface area contributed by atoms with Crippen LogP contribution < -0.4 is 11.1 Å². The molecule has 0 radical (unpaired) electrons. The zero-order valence-corrected chi connectivity index (χ0v) is 9.58. The lowest BCUT2D eigenvalue weighted by molar-refractivity contribution is -0.210. The van der Waals surface area contributed by atoms with E-state index in [1.54, 1.807) is 0 Å². The summed E-state index contributed by atoms with van der Waals surface area (Å²) in [7, 11) is 0. The third-order valence-corrected chi connectivity index (χ3v) is 1.71. The van der Waals surface area contributed by atoms with Crippen LogP contribution in [0.5, 0.6) is 0 Å². The first-order valence-electron chi connectivity index (χ1n) is 5.18. The number of nitrogens with one attached hydrogen (secondary N) is 1. The van der Waals surface area contributed by atoms with Crippen molar-refractivity contribution in [2.45, 2.75) is 26.1 Å². The van der Waals surface area contributed by atoms with E-state index in [0.29, 0.717) is 32.7 Å². The van der Waals surface area contributed by atoms with Gasteiger partial charge in [0.2, 0.25) is 0 Å². The van der Waals surface area contributed by atoms with Gasteiger partial charge in [-0.05, 0) is 13.8 Å². The molecule has 0 unspecified atom stereocenters. The van der Waals surface area contributed by atoms with Gasteiger partial charge in [-0.25, -0.2) is 0 Å². The van der Waals surface area contributed by atoms with Crippen LogP contribution in [0, 0.1) is 11.3 Å². The molecule has 0 amide bonds. The highest BCUT2D eigenvalue weighted by Gasteiger charge is 2.17. The fourth-order valence-corrected chi connectivity index (χ4v) is 0.985. The van der Waals surface area contributed by atoms with E-state index < -0.39 is 5.79 Å². The highest BCUT2D eigenvalue weighted by Crippen LogP contribution is 2.09. The maximum atomic E-state index is 8.30. The fourth-order valence-electron chi connectivity index (χ4n) is 0.985. The van der Waals surface area contributed by atoms with Crippen LogP contribution in [0.1, 0.15) is 20.3 Å². The minimum absolute atomic E-state index is 0.493. The topological polar surface area (TPSA) is 80.3 Å². The third-order valence-electron chi connectivity index (χ3n) is 1.71. The quantitative estimate of drug-likeness (QED) is 0.425. The molecule has 0 aromatic heterocycles. The molecule has 5 heteroatoms. The summed E-state index contributed by atoms with van der Waals surface area (Å²) in [5.74, 6) is -0.587. The van der Waals surface area contributed by atoms with Crippen LogP contribution in [-0.4, -0.2) is 38.6 Å². The molecule has 0 aliphatic carbocycles. The van der Waals surface area contributed by atoms with Crippen molar-refractivity contribution in [3.05, 3.63) is 0 Å². The Labute approximate surface area is 91.5 Å². The van der Waals surface area contributed by atoms with Gasteiger partial charge in [0.05, 0.1) is 19.3 Å². The lowest BCUT2D eigenvalue weighted by atomic mass is 10.4. The molecule has 5 nitrogen and oxygen atoms in total. The molecular weight excluding hydrogens is 194 g/mol. The van der Waals surface area contributed by atoms with Gasteiger partial charge in [0.1, 0.15) is 0 Å². The van der Waals surface area contributed by atoms with E-state index >= 15 is 0 Å². The summed E-state index contributed by atoms with van der Waals surface area (Å²) in [6, 6.07) is 2.06. The van der Waals surface area contributed by atoms with Crippen molar-refractivity contribution in [3.63, 3.8) is 0 Å². The Hall–Kier alpha value is -0.670. The summed E-state index contributed by atoms with van der Waals surface area (Å²) in [5.41, 5.74) is 5.32. The Bertz CT molecular complexity index is 190. The molecule has 0 rings (SSSR count). The highest BCUT2D eigenvalue weighted by atomic mass is 16.7. The van der Waals surface area contributed by atoms with E-state index in [1.165, 1.54) is 0 Å². The van der Waals surface area contributed by atoms with Crippen LogP contribution in [0.4, 0.5) is 0 Å². The number of nitrogens with two attached hydrogens (primary N) is 1. The Morgan fingerprint density at radius 1 is 1.27 bits per heavy atom. The molecule has 0 aliphatic heterocycles. The summed E-state index contributed by atoms with van der Waals surface area (Å²) in [6.45, 7) is 6.68. The standard InChI is InChI=1S/C10H21N3O2/c1-10(2,14-8-5-12)15-9-7-13-6-3-4-11/h13H,3,5-9,12H2,1-2H3. The maximum Gasteiger partial charge on any atom is 0.162 e. The monoisotopic (exact) mass is 215 g/mol. The van der Waals surface area contributed by atoms with Gasteiger partial charge in [0.15, 0.2) is 5.79 Å². The van der Waals surface area contributed by atoms with Gasteiger partial charge in [0, 0.05) is 26.1 Å². The molecule has 0 bridgehead atoms. The largest absolute Gasteiger partial charge is 0.349 e. The third kappa shape index (κ3) is 9.63. The van der Waals surface area contributed by atoms with Gasteiger partial charge in [0.25, 0.3) is 0 Å². The maximum absolute atomic E-state index is 8.30. The average molecular weight is 215 g/mol. The van der Waals surface area contributed by atoms with Gasteiger partial charge >= 0.3 is 0 Å². The summed E-state index contributed by atoms with van der Waals surface area (Å²) in [5, 5.41) is 11.4. The molecule has 3 N–H and O–H groups in total. The Balaban J connectivity index is 3.36. The molecule has 0 saturated heterocycles. The summed E-state index contributed by atoms with van der Waals surface area (Å²) in [6.07, 6.45) is 0.521. The van der Waals surface area contributed by atoms with E-state index in [0.717, 1.165) is 6.54 Å². The van der Waals surface area contributed by atoms with Crippen molar-refractivity contribution in [2.24, 2.45) is 5.73 Å². The second kappa shape index (κ2) is 8.62. The first-order chi connectivity index (χ1) is 7.12. The Morgan fingerprint density at radius 3 is 2.53 bits per heavy atom. The summed E-state index contributed by atoms with van der Waals surface area (Å²) in [4.78, 5) is 0. The Morgan fingerprint density at radius 2 is 1.93 bits per heavy atom. The number of hydrogen-bond acceptors (Lipinski definition) is 5. The van der Waals surface area contributed by atoms with Gasteiger partial charge in [-0.2, -0.15) is 5.26 Å². The molecule has 0 aromatic rings. The van der Waals surface area contributed by atoms with Crippen LogP contribution in [0.3, 0.4) is 0 Å². The van der Waals surface area contributed by atoms with Crippen molar-refractivity contribution in [1.82, 2.24) is 5.32 Å². The summed E-state index contributed by atoms with van der Waals surface area (Å²) < 4.78 is 10.9. The van der Waals surface area contributed by atoms with Gasteiger partial charge in [-0.3, -0.25) is 0 Å². The normalized spacial score (nSPS) is 11.3. The minimum atomic E-state index is -0.587. The van der Waals surface area contributed by atoms with Crippen LogP contribution in [0.2, 0.25) is 0 Å². The molecule has 0 atom stereocenters. The van der Waals surface area contributed by atoms with Crippen LogP contribution in [0.25, 0.3) is 0 Å². The first kappa shape index (κ1) is 14.3. The number of hydrogen-bond donors (Lipinski definition) is 2. The van der Waals surface area contributed by atoms with Crippen LogP contribution in [-0.2, 0) is 9.47 Å². The van der Waals surface area contributed by atoms with Gasteiger partial charge in [-0.1, -0.05) is 0 Å². The van der Waals surface area contributed by atoms with Gasteiger partial charge in [-0.15, -0.1) is 0 Å². The molecule has 0 aliphatic rings. The van der Waals surface area contributed by atoms with Crippen molar-refractivity contribution >= 4 is 0 Å². The highest BCUT2D eigenvalue weighted by molar-refractivity contribution is 4.69. The van der Waals surface area contributed by atoms with E-state index in [-0.39, 0.29) is 0 Å². The molecule has 15 heavy (non-hydrogen) atoms. The predicted octanol–water partition coefficient (Wildman–Crippen LogP) is 0.218. The van der Waals surface area contributed by atoms with Crippen LogP contribution >= 0.6 is 0 Å². The van der Waals surface area contributed by atoms with E-state index in [4.69, 9.17) is 20.5 Å². The van der Waals surface area contributed by atoms with E-state index in [2.05, 4.69) is 11.4 Å². The lowest BCUT2D eigenvalue weighted by Gasteiger charge is -2.25. The predicted molar refractivity (Wildman–Crippen MR) is 58.1 cm³/mol. The number of rotatable bonds is 9. The average Bonchev–Trinajstić information content (AvgIpc) is 2.20. The second-order valence-corrected chi connectivity index (χ2v) is 3.54. The lowest BCUT2D eigenvalue weighted by Crippen LogP contribution is -2.33. The first-order valence-corrected chi connectivity index (χ1v) is 5.18. The zero-order valence-electron chi connectivity index (χ0n) is 9.58. The summed E-state index contributed by atoms with van der Waals surface area (Å²) >= 11 is 0. The number of ether oxygens (including phenoxy) is 2. The smallest absolute Gasteiger partial charge is 0.162 e. The molecule has 0 heterocycles. The molecule has 88 valence electrons. The molecule has 0 saturated carbocycles. The SMILES string of the molecule is CC(C)(OCCN)OCCNCCC#N. The van der Waals surface area contributed by atoms with Crippen molar-refractivity contribution in [2.75, 3.05) is 32.8 Å². The molecule has 0 aromatic carbocycles. The van der Waals surface area contributed by atoms with Crippen molar-refractivity contribution in [1.29, 1.82) is 5.26 Å². The van der Waals surface area contributed by atoms with Crippen molar-refractivity contribution in [3.8, 4) is 6.07 Å². The number of nitrogens with zero attached hydrogens (tertiary/aromatic N) is 1. The van der Waals surface area contributed by atoms with E-state index in [9.17, 15) is 0 Å². The van der Waals surface area contributed by atoms with Gasteiger partial charge < -0.3 is 20.5 Å².